The molecule has 1 aliphatic heterocycles. The zero-order chi connectivity index (χ0) is 14.0. The molecule has 0 radical (unpaired) electrons. The Morgan fingerprint density at radius 2 is 2.05 bits per heavy atom. The molecule has 2 rings (SSSR count). The van der Waals surface area contributed by atoms with Gasteiger partial charge >= 0.3 is 5.97 Å². The molecular weight excluding hydrogens is 268 g/mol. The largest absolute Gasteiger partial charge is 0.481 e. The van der Waals surface area contributed by atoms with Crippen LogP contribution in [0.5, 0.6) is 0 Å². The maximum Gasteiger partial charge on any atom is 0.307 e. The van der Waals surface area contributed by atoms with Crippen LogP contribution in [0.4, 0.5) is 5.69 Å². The Labute approximate surface area is 111 Å². The number of hydrogen-bond acceptors (Lipinski definition) is 4. The molecule has 1 heterocycles. The van der Waals surface area contributed by atoms with Crippen molar-refractivity contribution in [1.82, 2.24) is 4.31 Å². The Hall–Kier alpha value is -1.60. The van der Waals surface area contributed by atoms with Gasteiger partial charge in [-0.3, -0.25) is 4.79 Å². The molecule has 7 heteroatoms. The van der Waals surface area contributed by atoms with E-state index < -0.39 is 21.9 Å². The van der Waals surface area contributed by atoms with Gasteiger partial charge in [0.2, 0.25) is 10.0 Å². The van der Waals surface area contributed by atoms with Crippen molar-refractivity contribution in [3.8, 4) is 0 Å². The topological polar surface area (TPSA) is 101 Å². The van der Waals surface area contributed by atoms with Gasteiger partial charge < -0.3 is 10.8 Å². The molecule has 1 unspecified atom stereocenters. The second kappa shape index (κ2) is 5.18. The SMILES string of the molecule is Nc1ccccc1S(=O)(=O)N1CCCC(C(=O)O)C1. The molecule has 19 heavy (non-hydrogen) atoms. The first-order valence-corrected chi connectivity index (χ1v) is 7.44. The molecule has 1 aromatic carbocycles. The minimum Gasteiger partial charge on any atom is -0.481 e. The third kappa shape index (κ3) is 2.71. The quantitative estimate of drug-likeness (QED) is 0.798. The number of carboxylic acid groups (broad SMARTS) is 1. The van der Waals surface area contributed by atoms with Crippen molar-refractivity contribution in [2.75, 3.05) is 18.8 Å². The van der Waals surface area contributed by atoms with Gasteiger partial charge in [0.25, 0.3) is 0 Å². The summed E-state index contributed by atoms with van der Waals surface area (Å²) < 4.78 is 26.1. The number of para-hydroxylation sites is 1. The van der Waals surface area contributed by atoms with Crippen LogP contribution in [0.25, 0.3) is 0 Å². The van der Waals surface area contributed by atoms with Crippen LogP contribution in [0.2, 0.25) is 0 Å². The zero-order valence-corrected chi connectivity index (χ0v) is 11.1. The van der Waals surface area contributed by atoms with Gasteiger partial charge in [-0.05, 0) is 25.0 Å². The van der Waals surface area contributed by atoms with Crippen molar-refractivity contribution in [3.05, 3.63) is 24.3 Å². The van der Waals surface area contributed by atoms with Crippen molar-refractivity contribution in [2.45, 2.75) is 17.7 Å². The van der Waals surface area contributed by atoms with E-state index in [1.54, 1.807) is 12.1 Å². The molecule has 1 aliphatic rings. The Morgan fingerprint density at radius 3 is 2.68 bits per heavy atom. The van der Waals surface area contributed by atoms with E-state index in [2.05, 4.69) is 0 Å². The van der Waals surface area contributed by atoms with Gasteiger partial charge in [0.1, 0.15) is 4.90 Å². The Balaban J connectivity index is 2.30. The molecule has 3 N–H and O–H groups in total. The lowest BCUT2D eigenvalue weighted by atomic mass is 10.0. The summed E-state index contributed by atoms with van der Waals surface area (Å²) in [5.41, 5.74) is 5.87. The summed E-state index contributed by atoms with van der Waals surface area (Å²) in [6.45, 7) is 0.340. The van der Waals surface area contributed by atoms with Crippen LogP contribution in [0, 0.1) is 5.92 Å². The molecule has 0 aliphatic carbocycles. The summed E-state index contributed by atoms with van der Waals surface area (Å²) in [6, 6.07) is 6.22. The molecular formula is C12H16N2O4S. The van der Waals surface area contributed by atoms with Crippen LogP contribution in [-0.2, 0) is 14.8 Å². The third-order valence-electron chi connectivity index (χ3n) is 3.27. The molecule has 1 saturated heterocycles. The van der Waals surface area contributed by atoms with Crippen molar-refractivity contribution in [2.24, 2.45) is 5.92 Å². The molecule has 0 spiro atoms. The van der Waals surface area contributed by atoms with E-state index in [-0.39, 0.29) is 17.1 Å². The fourth-order valence-corrected chi connectivity index (χ4v) is 3.86. The molecule has 1 fully saturated rings. The second-order valence-corrected chi connectivity index (χ2v) is 6.48. The smallest absolute Gasteiger partial charge is 0.307 e. The highest BCUT2D eigenvalue weighted by atomic mass is 32.2. The number of carbonyl (C=O) groups is 1. The maximum absolute atomic E-state index is 12.4. The highest BCUT2D eigenvalue weighted by Gasteiger charge is 2.33. The Bertz CT molecular complexity index is 585. The molecule has 104 valence electrons. The summed E-state index contributed by atoms with van der Waals surface area (Å²) >= 11 is 0. The molecule has 6 nitrogen and oxygen atoms in total. The van der Waals surface area contributed by atoms with Gasteiger partial charge in [0, 0.05) is 13.1 Å². The summed E-state index contributed by atoms with van der Waals surface area (Å²) in [4.78, 5) is 11.0. The van der Waals surface area contributed by atoms with E-state index in [1.165, 1.54) is 16.4 Å². The molecule has 0 saturated carbocycles. The summed E-state index contributed by atoms with van der Waals surface area (Å²) in [5, 5.41) is 9.00. The monoisotopic (exact) mass is 284 g/mol. The van der Waals surface area contributed by atoms with Crippen LogP contribution in [0.1, 0.15) is 12.8 Å². The minimum atomic E-state index is -3.71. The number of benzene rings is 1. The van der Waals surface area contributed by atoms with E-state index in [4.69, 9.17) is 10.8 Å². The first kappa shape index (κ1) is 13.8. The van der Waals surface area contributed by atoms with Gasteiger partial charge in [-0.15, -0.1) is 0 Å². The fraction of sp³-hybridized carbons (Fsp3) is 0.417. The van der Waals surface area contributed by atoms with Crippen molar-refractivity contribution in [3.63, 3.8) is 0 Å². The predicted molar refractivity (Wildman–Crippen MR) is 70.0 cm³/mol. The van der Waals surface area contributed by atoms with Gasteiger partial charge in [-0.2, -0.15) is 4.31 Å². The van der Waals surface area contributed by atoms with E-state index in [1.807, 2.05) is 0 Å². The number of nitrogen functional groups attached to an aromatic ring is 1. The summed E-state index contributed by atoms with van der Waals surface area (Å²) in [5.74, 6) is -1.60. The highest BCUT2D eigenvalue weighted by molar-refractivity contribution is 7.89. The van der Waals surface area contributed by atoms with Crippen LogP contribution < -0.4 is 5.73 Å². The Morgan fingerprint density at radius 1 is 1.37 bits per heavy atom. The first-order valence-electron chi connectivity index (χ1n) is 6.00. The third-order valence-corrected chi connectivity index (χ3v) is 5.21. The number of piperidine rings is 1. The maximum atomic E-state index is 12.4. The van der Waals surface area contributed by atoms with Crippen LogP contribution >= 0.6 is 0 Å². The van der Waals surface area contributed by atoms with Crippen molar-refractivity contribution in [1.29, 1.82) is 0 Å². The Kier molecular flexibility index (Phi) is 3.77. The molecule has 0 bridgehead atoms. The minimum absolute atomic E-state index is 0.00595. The average Bonchev–Trinajstić information content (AvgIpc) is 2.39. The number of nitrogens with zero attached hydrogens (tertiary/aromatic N) is 1. The van der Waals surface area contributed by atoms with Gasteiger partial charge in [-0.1, -0.05) is 12.1 Å². The fourth-order valence-electron chi connectivity index (χ4n) is 2.22. The molecule has 1 aromatic rings. The normalized spacial score (nSPS) is 21.2. The number of hydrogen-bond donors (Lipinski definition) is 2. The predicted octanol–water partition coefficient (Wildman–Crippen LogP) is 0.754. The number of carboxylic acids is 1. The number of aliphatic carboxylic acids is 1. The van der Waals surface area contributed by atoms with Crippen LogP contribution in [0.15, 0.2) is 29.2 Å². The van der Waals surface area contributed by atoms with E-state index in [9.17, 15) is 13.2 Å². The summed E-state index contributed by atoms with van der Waals surface area (Å²) in [7, 11) is -3.71. The lowest BCUT2D eigenvalue weighted by molar-refractivity contribution is -0.142. The van der Waals surface area contributed by atoms with Crippen molar-refractivity contribution >= 4 is 21.7 Å². The van der Waals surface area contributed by atoms with E-state index in [0.29, 0.717) is 19.4 Å². The van der Waals surface area contributed by atoms with Gasteiger partial charge in [0.15, 0.2) is 0 Å². The number of anilines is 1. The second-order valence-electron chi connectivity index (χ2n) is 4.58. The van der Waals surface area contributed by atoms with E-state index >= 15 is 0 Å². The van der Waals surface area contributed by atoms with Crippen LogP contribution in [0.3, 0.4) is 0 Å². The van der Waals surface area contributed by atoms with E-state index in [0.717, 1.165) is 0 Å². The number of sulfonamides is 1. The summed E-state index contributed by atoms with van der Waals surface area (Å²) in [6.07, 6.45) is 1.05. The first-order chi connectivity index (χ1) is 8.93. The molecule has 0 amide bonds. The standard InChI is InChI=1S/C12H16N2O4S/c13-10-5-1-2-6-11(10)19(17,18)14-7-3-4-9(8-14)12(15)16/h1-2,5-6,9H,3-4,7-8,13H2,(H,15,16). The van der Waals surface area contributed by atoms with Crippen molar-refractivity contribution < 1.29 is 18.3 Å². The lowest BCUT2D eigenvalue weighted by Crippen LogP contribution is -2.42. The molecule has 0 aromatic heterocycles. The number of nitrogens with two attached hydrogens (primary N) is 1. The highest BCUT2D eigenvalue weighted by Crippen LogP contribution is 2.26. The van der Waals surface area contributed by atoms with Crippen LogP contribution in [-0.4, -0.2) is 36.9 Å². The van der Waals surface area contributed by atoms with Gasteiger partial charge in [-0.25, -0.2) is 8.42 Å². The van der Waals surface area contributed by atoms with Gasteiger partial charge in [0.05, 0.1) is 11.6 Å². The number of rotatable bonds is 3. The lowest BCUT2D eigenvalue weighted by Gasteiger charge is -2.30. The molecule has 1 atom stereocenters. The average molecular weight is 284 g/mol. The zero-order valence-electron chi connectivity index (χ0n) is 10.3.